The largest absolute Gasteiger partial charge is 0.424 e. The average Bonchev–Trinajstić information content (AvgIpc) is 3.16. The first-order valence-electron chi connectivity index (χ1n) is 11.9. The molecule has 0 aliphatic heterocycles. The van der Waals surface area contributed by atoms with Gasteiger partial charge in [-0.05, 0) is 25.8 Å². The predicted molar refractivity (Wildman–Crippen MR) is 130 cm³/mol. The summed E-state index contributed by atoms with van der Waals surface area (Å²) in [5.74, 6) is 1.00. The number of rotatable bonds is 6. The van der Waals surface area contributed by atoms with Gasteiger partial charge in [-0.15, -0.1) is 0 Å². The number of fused-ring (bicyclic) bond motifs is 3. The summed E-state index contributed by atoms with van der Waals surface area (Å²) in [5.41, 5.74) is 8.07. The van der Waals surface area contributed by atoms with Gasteiger partial charge < -0.3 is 20.5 Å². The number of nitrogen functional groups attached to an aromatic ring is 1. The summed E-state index contributed by atoms with van der Waals surface area (Å²) >= 11 is 0. The van der Waals surface area contributed by atoms with Crippen LogP contribution in [0, 0.1) is 5.41 Å². The lowest BCUT2D eigenvalue weighted by Gasteiger charge is -2.33. The number of nitrogens with two attached hydrogens (primary N) is 1. The molecule has 4 rings (SSSR count). The fraction of sp³-hybridized carbons (Fsp3) is 0.560. The van der Waals surface area contributed by atoms with Crippen LogP contribution < -0.4 is 11.1 Å². The lowest BCUT2D eigenvalue weighted by atomic mass is 9.93. The monoisotopic (exact) mass is 453 g/mol. The van der Waals surface area contributed by atoms with Crippen LogP contribution >= 0.6 is 0 Å². The number of hydrogen-bond donors (Lipinski definition) is 2. The molecule has 0 bridgehead atoms. The topological polar surface area (TPSA) is 104 Å². The predicted octanol–water partition coefficient (Wildman–Crippen LogP) is 5.31. The number of benzene rings is 1. The van der Waals surface area contributed by atoms with E-state index in [4.69, 9.17) is 20.2 Å². The van der Waals surface area contributed by atoms with Gasteiger partial charge in [0.25, 0.3) is 0 Å². The molecule has 1 fully saturated rings. The zero-order valence-corrected chi connectivity index (χ0v) is 20.1. The van der Waals surface area contributed by atoms with Gasteiger partial charge in [0.2, 0.25) is 0 Å². The summed E-state index contributed by atoms with van der Waals surface area (Å²) in [5, 5.41) is 3.98. The number of imidazole rings is 1. The second kappa shape index (κ2) is 9.55. The highest BCUT2D eigenvalue weighted by Crippen LogP contribution is 2.39. The van der Waals surface area contributed by atoms with Crippen LogP contribution in [0.1, 0.15) is 71.9 Å². The van der Waals surface area contributed by atoms with E-state index in [1.807, 2.05) is 35.8 Å². The first-order chi connectivity index (χ1) is 15.8. The number of hydrogen-bond acceptors (Lipinski definition) is 6. The molecule has 0 radical (unpaired) electrons. The smallest absolute Gasteiger partial charge is 0.409 e. The van der Waals surface area contributed by atoms with Gasteiger partial charge in [0.1, 0.15) is 17.9 Å². The fourth-order valence-corrected chi connectivity index (χ4v) is 4.58. The van der Waals surface area contributed by atoms with E-state index in [1.54, 1.807) is 0 Å². The van der Waals surface area contributed by atoms with E-state index in [2.05, 4.69) is 31.1 Å². The highest BCUT2D eigenvalue weighted by atomic mass is 16.6. The van der Waals surface area contributed by atoms with Gasteiger partial charge in [0.15, 0.2) is 12.0 Å². The Hall–Kier alpha value is -2.87. The normalized spacial score (nSPS) is 16.2. The van der Waals surface area contributed by atoms with Gasteiger partial charge in [-0.1, -0.05) is 58.2 Å². The molecule has 3 aromatic rings. The number of carbonyl (C=O) groups excluding carboxylic acids is 1. The van der Waals surface area contributed by atoms with E-state index in [1.165, 1.54) is 6.42 Å². The van der Waals surface area contributed by atoms with Gasteiger partial charge in [-0.3, -0.25) is 4.57 Å². The van der Waals surface area contributed by atoms with Crippen molar-refractivity contribution in [2.45, 2.75) is 78.7 Å². The first kappa shape index (κ1) is 23.3. The SMILES string of the molecule is CCOCc1nc2c(N)nc3ccccc3c2n1C(OC(=O)NC1CCCCC1)C(C)(C)C. The number of aromatic nitrogens is 3. The van der Waals surface area contributed by atoms with Crippen molar-refractivity contribution in [1.82, 2.24) is 19.9 Å². The third-order valence-corrected chi connectivity index (χ3v) is 6.18. The molecule has 1 aliphatic carbocycles. The Morgan fingerprint density at radius 3 is 2.64 bits per heavy atom. The van der Waals surface area contributed by atoms with Crippen LogP contribution in [0.4, 0.5) is 10.6 Å². The van der Waals surface area contributed by atoms with Crippen LogP contribution in [0.25, 0.3) is 21.9 Å². The maximum atomic E-state index is 13.0. The number of pyridine rings is 1. The summed E-state index contributed by atoms with van der Waals surface area (Å²) < 4.78 is 13.8. The number of ether oxygens (including phenoxy) is 2. The number of nitrogens with one attached hydrogen (secondary N) is 1. The third-order valence-electron chi connectivity index (χ3n) is 6.18. The molecule has 1 aliphatic rings. The number of amides is 1. The molecule has 1 aromatic carbocycles. The Labute approximate surface area is 194 Å². The molecule has 1 atom stereocenters. The molecule has 1 amide bonds. The second-order valence-electron chi connectivity index (χ2n) is 9.85. The molecule has 2 heterocycles. The van der Waals surface area contributed by atoms with Gasteiger partial charge >= 0.3 is 6.09 Å². The lowest BCUT2D eigenvalue weighted by Crippen LogP contribution is -2.40. The molecule has 2 aromatic heterocycles. The summed E-state index contributed by atoms with van der Waals surface area (Å²) in [6.45, 7) is 8.91. The van der Waals surface area contributed by atoms with Crippen LogP contribution in [0.15, 0.2) is 24.3 Å². The molecule has 0 spiro atoms. The van der Waals surface area contributed by atoms with E-state index in [-0.39, 0.29) is 12.6 Å². The van der Waals surface area contributed by atoms with E-state index in [9.17, 15) is 4.79 Å². The minimum atomic E-state index is -0.619. The Bertz CT molecular complexity index is 1130. The Morgan fingerprint density at radius 2 is 1.94 bits per heavy atom. The van der Waals surface area contributed by atoms with Gasteiger partial charge in [0.05, 0.1) is 11.0 Å². The molecule has 0 saturated heterocycles. The molecular formula is C25H35N5O3. The minimum Gasteiger partial charge on any atom is -0.424 e. The van der Waals surface area contributed by atoms with Crippen molar-refractivity contribution < 1.29 is 14.3 Å². The van der Waals surface area contributed by atoms with Gasteiger partial charge in [-0.25, -0.2) is 14.8 Å². The Kier molecular flexibility index (Phi) is 6.74. The standard InChI is InChI=1S/C25H35N5O3/c1-5-32-15-19-29-20-21(17-13-9-10-14-18(17)28-22(20)26)30(19)23(25(2,3)4)33-24(31)27-16-11-7-6-8-12-16/h9-10,13-14,16,23H,5-8,11-12,15H2,1-4H3,(H2,26,28)(H,27,31). The van der Waals surface area contributed by atoms with Crippen LogP contribution in [-0.4, -0.2) is 33.3 Å². The van der Waals surface area contributed by atoms with E-state index >= 15 is 0 Å². The van der Waals surface area contributed by atoms with Crippen molar-refractivity contribution >= 4 is 33.8 Å². The maximum Gasteiger partial charge on any atom is 0.409 e. The molecule has 1 saturated carbocycles. The van der Waals surface area contributed by atoms with Crippen LogP contribution in [0.3, 0.4) is 0 Å². The van der Waals surface area contributed by atoms with E-state index < -0.39 is 17.7 Å². The molecule has 178 valence electrons. The number of carbonyl (C=O) groups is 1. The van der Waals surface area contributed by atoms with E-state index in [0.29, 0.717) is 23.8 Å². The zero-order valence-electron chi connectivity index (χ0n) is 20.1. The molecule has 3 N–H and O–H groups in total. The molecule has 1 unspecified atom stereocenters. The lowest BCUT2D eigenvalue weighted by molar-refractivity contribution is -0.0228. The first-order valence-corrected chi connectivity index (χ1v) is 11.9. The average molecular weight is 454 g/mol. The Balaban J connectivity index is 1.82. The van der Waals surface area contributed by atoms with Crippen LogP contribution in [-0.2, 0) is 16.1 Å². The fourth-order valence-electron chi connectivity index (χ4n) is 4.58. The molecule has 33 heavy (non-hydrogen) atoms. The van der Waals surface area contributed by atoms with Crippen molar-refractivity contribution in [2.75, 3.05) is 12.3 Å². The maximum absolute atomic E-state index is 13.0. The van der Waals surface area contributed by atoms with Gasteiger partial charge in [0, 0.05) is 23.4 Å². The van der Waals surface area contributed by atoms with Crippen LogP contribution in [0.2, 0.25) is 0 Å². The van der Waals surface area contributed by atoms with Crippen LogP contribution in [0.5, 0.6) is 0 Å². The van der Waals surface area contributed by atoms with Gasteiger partial charge in [-0.2, -0.15) is 0 Å². The second-order valence-corrected chi connectivity index (χ2v) is 9.85. The van der Waals surface area contributed by atoms with Crippen molar-refractivity contribution in [3.8, 4) is 0 Å². The summed E-state index contributed by atoms with van der Waals surface area (Å²) in [6, 6.07) is 7.97. The van der Waals surface area contributed by atoms with Crippen molar-refractivity contribution in [3.05, 3.63) is 30.1 Å². The quantitative estimate of drug-likeness (QED) is 0.524. The summed E-state index contributed by atoms with van der Waals surface area (Å²) in [4.78, 5) is 22.4. The summed E-state index contributed by atoms with van der Waals surface area (Å²) in [7, 11) is 0. The van der Waals surface area contributed by atoms with Crippen molar-refractivity contribution in [1.29, 1.82) is 0 Å². The number of alkyl carbamates (subject to hydrolysis) is 1. The highest BCUT2D eigenvalue weighted by molar-refractivity contribution is 6.06. The molecular weight excluding hydrogens is 418 g/mol. The minimum absolute atomic E-state index is 0.162. The van der Waals surface area contributed by atoms with Crippen molar-refractivity contribution in [2.24, 2.45) is 5.41 Å². The molecule has 8 nitrogen and oxygen atoms in total. The third kappa shape index (κ3) is 4.90. The van der Waals surface area contributed by atoms with Crippen molar-refractivity contribution in [3.63, 3.8) is 0 Å². The molecule has 8 heteroatoms. The Morgan fingerprint density at radius 1 is 1.21 bits per heavy atom. The van der Waals surface area contributed by atoms with E-state index in [0.717, 1.165) is 42.1 Å². The highest BCUT2D eigenvalue weighted by Gasteiger charge is 2.35. The summed E-state index contributed by atoms with van der Waals surface area (Å²) in [6.07, 6.45) is 4.45. The zero-order chi connectivity index (χ0) is 23.6. The number of nitrogens with zero attached hydrogens (tertiary/aromatic N) is 3. The number of para-hydroxylation sites is 1. The number of anilines is 1.